The van der Waals surface area contributed by atoms with Crippen LogP contribution in [0.4, 0.5) is 22.0 Å². The van der Waals surface area contributed by atoms with Gasteiger partial charge in [0.25, 0.3) is 0 Å². The second kappa shape index (κ2) is 8.06. The zero-order chi connectivity index (χ0) is 21.3. The summed E-state index contributed by atoms with van der Waals surface area (Å²) in [7, 11) is 0. The van der Waals surface area contributed by atoms with Crippen LogP contribution < -0.4 is 10.2 Å². The number of halogens is 1. The molecule has 4 rings (SSSR count). The Hall–Kier alpha value is -3.55. The lowest BCUT2D eigenvalue weighted by Crippen LogP contribution is -2.27. The zero-order valence-corrected chi connectivity index (χ0v) is 16.8. The van der Waals surface area contributed by atoms with Gasteiger partial charge in [-0.15, -0.1) is 0 Å². The van der Waals surface area contributed by atoms with Crippen molar-refractivity contribution in [1.29, 1.82) is 0 Å². The van der Waals surface area contributed by atoms with Gasteiger partial charge in [0.05, 0.1) is 5.56 Å². The Balaban J connectivity index is 1.67. The SMILES string of the molecule is CCc1nc(NCc2cccc(F)c2)nc(N2c3cccc(C(=O)O)c3CC2C)n1. The van der Waals surface area contributed by atoms with Crippen molar-refractivity contribution in [3.8, 4) is 0 Å². The fraction of sp³-hybridized carbons (Fsp3) is 0.273. The fourth-order valence-electron chi connectivity index (χ4n) is 3.72. The number of carbonyl (C=O) groups is 1. The van der Waals surface area contributed by atoms with Crippen molar-refractivity contribution in [1.82, 2.24) is 15.0 Å². The lowest BCUT2D eigenvalue weighted by molar-refractivity contribution is 0.0696. The molecule has 7 nitrogen and oxygen atoms in total. The number of rotatable bonds is 6. The molecule has 1 aliphatic heterocycles. The van der Waals surface area contributed by atoms with Gasteiger partial charge in [-0.25, -0.2) is 9.18 Å². The first-order chi connectivity index (χ1) is 14.5. The molecule has 0 radical (unpaired) electrons. The third kappa shape index (κ3) is 3.80. The van der Waals surface area contributed by atoms with Crippen molar-refractivity contribution in [2.24, 2.45) is 0 Å². The predicted molar refractivity (Wildman–Crippen MR) is 112 cm³/mol. The molecule has 0 bridgehead atoms. The Kier molecular flexibility index (Phi) is 5.31. The number of fused-ring (bicyclic) bond motifs is 1. The van der Waals surface area contributed by atoms with E-state index in [1.54, 1.807) is 18.2 Å². The van der Waals surface area contributed by atoms with Crippen LogP contribution in [0, 0.1) is 5.82 Å². The summed E-state index contributed by atoms with van der Waals surface area (Å²) in [5, 5.41) is 12.7. The number of hydrogen-bond acceptors (Lipinski definition) is 6. The van der Waals surface area contributed by atoms with Gasteiger partial charge < -0.3 is 15.3 Å². The van der Waals surface area contributed by atoms with Crippen molar-refractivity contribution in [2.45, 2.75) is 39.3 Å². The van der Waals surface area contributed by atoms with Gasteiger partial charge in [-0.05, 0) is 48.7 Å². The van der Waals surface area contributed by atoms with Gasteiger partial charge in [0.1, 0.15) is 11.6 Å². The van der Waals surface area contributed by atoms with Crippen LogP contribution in [0.15, 0.2) is 42.5 Å². The van der Waals surface area contributed by atoms with Crippen LogP contribution in [0.2, 0.25) is 0 Å². The summed E-state index contributed by atoms with van der Waals surface area (Å²) in [5.74, 6) is 0.255. The molecule has 1 aliphatic rings. The number of hydrogen-bond donors (Lipinski definition) is 2. The first-order valence-electron chi connectivity index (χ1n) is 9.84. The monoisotopic (exact) mass is 407 g/mol. The quantitative estimate of drug-likeness (QED) is 0.639. The van der Waals surface area contributed by atoms with Gasteiger partial charge in [-0.3, -0.25) is 0 Å². The summed E-state index contributed by atoms with van der Waals surface area (Å²) in [6.07, 6.45) is 1.21. The van der Waals surface area contributed by atoms with Gasteiger partial charge in [0.2, 0.25) is 11.9 Å². The van der Waals surface area contributed by atoms with E-state index in [-0.39, 0.29) is 11.9 Å². The highest BCUT2D eigenvalue weighted by Gasteiger charge is 2.32. The van der Waals surface area contributed by atoms with Gasteiger partial charge >= 0.3 is 5.97 Å². The van der Waals surface area contributed by atoms with Crippen molar-refractivity contribution in [3.05, 3.63) is 70.8 Å². The minimum Gasteiger partial charge on any atom is -0.478 e. The molecule has 1 unspecified atom stereocenters. The van der Waals surface area contributed by atoms with Crippen LogP contribution in [0.25, 0.3) is 0 Å². The summed E-state index contributed by atoms with van der Waals surface area (Å²) < 4.78 is 13.4. The van der Waals surface area contributed by atoms with Crippen LogP contribution in [0.5, 0.6) is 0 Å². The predicted octanol–water partition coefficient (Wildman–Crippen LogP) is 3.97. The molecule has 0 saturated heterocycles. The molecule has 0 aliphatic carbocycles. The maximum Gasteiger partial charge on any atom is 0.336 e. The number of carboxylic acids is 1. The smallest absolute Gasteiger partial charge is 0.336 e. The minimum atomic E-state index is -0.941. The van der Waals surface area contributed by atoms with Gasteiger partial charge in [-0.2, -0.15) is 15.0 Å². The van der Waals surface area contributed by atoms with Crippen molar-refractivity contribution < 1.29 is 14.3 Å². The third-order valence-corrected chi connectivity index (χ3v) is 5.12. The number of benzene rings is 2. The normalized spacial score (nSPS) is 15.2. The molecule has 0 spiro atoms. The van der Waals surface area contributed by atoms with E-state index < -0.39 is 5.97 Å². The number of carboxylic acid groups (broad SMARTS) is 1. The number of aromatic nitrogens is 3. The van der Waals surface area contributed by atoms with Crippen molar-refractivity contribution >= 4 is 23.6 Å². The maximum atomic E-state index is 13.4. The molecule has 2 heterocycles. The first kappa shape index (κ1) is 19.8. The summed E-state index contributed by atoms with van der Waals surface area (Å²) in [6.45, 7) is 4.35. The van der Waals surface area contributed by atoms with Crippen molar-refractivity contribution in [3.63, 3.8) is 0 Å². The average Bonchev–Trinajstić information content (AvgIpc) is 3.07. The molecule has 3 aromatic rings. The summed E-state index contributed by atoms with van der Waals surface area (Å²) in [6, 6.07) is 11.6. The summed E-state index contributed by atoms with van der Waals surface area (Å²) in [5.41, 5.74) is 2.66. The van der Waals surface area contributed by atoms with Crippen LogP contribution in [-0.2, 0) is 19.4 Å². The van der Waals surface area contributed by atoms with E-state index in [1.165, 1.54) is 12.1 Å². The zero-order valence-electron chi connectivity index (χ0n) is 16.8. The minimum absolute atomic E-state index is 0.00340. The number of aromatic carboxylic acids is 1. The fourth-order valence-corrected chi connectivity index (χ4v) is 3.72. The van der Waals surface area contributed by atoms with Crippen LogP contribution in [-0.4, -0.2) is 32.1 Å². The maximum absolute atomic E-state index is 13.4. The average molecular weight is 407 g/mol. The van der Waals surface area contributed by atoms with E-state index in [2.05, 4.69) is 20.3 Å². The highest BCUT2D eigenvalue weighted by Crippen LogP contribution is 2.38. The number of aryl methyl sites for hydroxylation is 1. The highest BCUT2D eigenvalue weighted by atomic mass is 19.1. The Labute approximate surface area is 173 Å². The Morgan fingerprint density at radius 2 is 2.03 bits per heavy atom. The van der Waals surface area contributed by atoms with E-state index in [0.29, 0.717) is 42.7 Å². The van der Waals surface area contributed by atoms with Gasteiger partial charge in [0.15, 0.2) is 0 Å². The number of anilines is 3. The van der Waals surface area contributed by atoms with Gasteiger partial charge in [-0.1, -0.05) is 25.1 Å². The largest absolute Gasteiger partial charge is 0.478 e. The number of nitrogens with one attached hydrogen (secondary N) is 1. The van der Waals surface area contributed by atoms with Crippen LogP contribution in [0.3, 0.4) is 0 Å². The van der Waals surface area contributed by atoms with Crippen LogP contribution in [0.1, 0.15) is 41.2 Å². The van der Waals surface area contributed by atoms with E-state index in [9.17, 15) is 14.3 Å². The molecule has 1 atom stereocenters. The first-order valence-corrected chi connectivity index (χ1v) is 9.84. The second-order valence-corrected chi connectivity index (χ2v) is 7.24. The Morgan fingerprint density at radius 1 is 1.23 bits per heavy atom. The second-order valence-electron chi connectivity index (χ2n) is 7.24. The summed E-state index contributed by atoms with van der Waals surface area (Å²) in [4.78, 5) is 27.2. The molecule has 154 valence electrons. The van der Waals surface area contributed by atoms with Gasteiger partial charge in [0, 0.05) is 24.7 Å². The van der Waals surface area contributed by atoms with Crippen molar-refractivity contribution in [2.75, 3.05) is 10.2 Å². The summed E-state index contributed by atoms with van der Waals surface area (Å²) >= 11 is 0. The van der Waals surface area contributed by atoms with E-state index in [4.69, 9.17) is 0 Å². The molecule has 2 N–H and O–H groups in total. The molecular weight excluding hydrogens is 385 g/mol. The molecule has 1 aromatic heterocycles. The highest BCUT2D eigenvalue weighted by molar-refractivity contribution is 5.92. The number of nitrogens with zero attached hydrogens (tertiary/aromatic N) is 4. The molecule has 0 amide bonds. The van der Waals surface area contributed by atoms with E-state index in [1.807, 2.05) is 30.9 Å². The molecule has 0 fully saturated rings. The topological polar surface area (TPSA) is 91.2 Å². The molecular formula is C22H22FN5O2. The lowest BCUT2D eigenvalue weighted by atomic mass is 10.0. The van der Waals surface area contributed by atoms with E-state index >= 15 is 0 Å². The lowest BCUT2D eigenvalue weighted by Gasteiger charge is -2.23. The standard InChI is InChI=1S/C22H22FN5O2/c1-3-19-25-21(24-12-14-6-4-7-15(23)11-14)27-22(26-19)28-13(2)10-17-16(20(29)30)8-5-9-18(17)28/h4-9,11,13H,3,10,12H2,1-2H3,(H,29,30)(H,24,25,26,27). The van der Waals surface area contributed by atoms with Crippen LogP contribution >= 0.6 is 0 Å². The molecule has 30 heavy (non-hydrogen) atoms. The molecule has 0 saturated carbocycles. The molecule has 8 heteroatoms. The third-order valence-electron chi connectivity index (χ3n) is 5.12. The Bertz CT molecular complexity index is 1100. The Morgan fingerprint density at radius 3 is 2.77 bits per heavy atom. The van der Waals surface area contributed by atoms with E-state index in [0.717, 1.165) is 16.8 Å². The molecule has 2 aromatic carbocycles.